The zero-order chi connectivity index (χ0) is 20.7. The lowest BCUT2D eigenvalue weighted by atomic mass is 9.61. The Labute approximate surface area is 174 Å². The summed E-state index contributed by atoms with van der Waals surface area (Å²) in [5, 5.41) is 23.6. The molecule has 0 aliphatic heterocycles. The highest BCUT2D eigenvalue weighted by Gasteiger charge is 2.47. The van der Waals surface area contributed by atoms with Crippen LogP contribution in [0.1, 0.15) is 32.6 Å². The monoisotopic (exact) mass is 392 g/mol. The van der Waals surface area contributed by atoms with Crippen LogP contribution < -0.4 is 0 Å². The van der Waals surface area contributed by atoms with Gasteiger partial charge in [0.05, 0.1) is 17.1 Å². The summed E-state index contributed by atoms with van der Waals surface area (Å²) in [5.74, 6) is -1.01. The van der Waals surface area contributed by atoms with Crippen LogP contribution >= 0.6 is 0 Å². The first kappa shape index (κ1) is 18.3. The Morgan fingerprint density at radius 3 is 2.20 bits per heavy atom. The van der Waals surface area contributed by atoms with Crippen LogP contribution in [0.25, 0.3) is 16.8 Å². The molecular weight excluding hydrogens is 372 g/mol. The van der Waals surface area contributed by atoms with Gasteiger partial charge in [0.15, 0.2) is 0 Å². The average Bonchev–Trinajstić information content (AvgIpc) is 2.79. The molecule has 1 aliphatic carbocycles. The standard InChI is InChI=1S/C27H20O3/c28-25-17-16-19-9-2-5-13-22(19)27(25,24-14-6-4-12-21(24)26(29)30)23-15-7-10-18-8-1-3-11-20(18)23/h1-17,25,28H,(H,29,30). The molecule has 0 aromatic heterocycles. The van der Waals surface area contributed by atoms with Crippen LogP contribution in [0.15, 0.2) is 97.1 Å². The molecule has 0 heterocycles. The second kappa shape index (κ2) is 6.97. The van der Waals surface area contributed by atoms with Crippen molar-refractivity contribution in [3.8, 4) is 0 Å². The molecule has 2 atom stereocenters. The summed E-state index contributed by atoms with van der Waals surface area (Å²) in [6, 6.07) is 28.9. The molecule has 30 heavy (non-hydrogen) atoms. The van der Waals surface area contributed by atoms with Gasteiger partial charge in [-0.3, -0.25) is 0 Å². The largest absolute Gasteiger partial charge is 0.478 e. The van der Waals surface area contributed by atoms with Gasteiger partial charge in [0.25, 0.3) is 0 Å². The van der Waals surface area contributed by atoms with Crippen molar-refractivity contribution in [3.05, 3.63) is 125 Å². The molecule has 146 valence electrons. The number of hydrogen-bond acceptors (Lipinski definition) is 2. The second-order valence-corrected chi connectivity index (χ2v) is 7.58. The van der Waals surface area contributed by atoms with Gasteiger partial charge in [-0.2, -0.15) is 0 Å². The van der Waals surface area contributed by atoms with Crippen LogP contribution in [0.5, 0.6) is 0 Å². The van der Waals surface area contributed by atoms with Gasteiger partial charge in [0.2, 0.25) is 0 Å². The number of benzene rings is 4. The summed E-state index contributed by atoms with van der Waals surface area (Å²) in [5.41, 5.74) is 2.47. The maximum atomic E-state index is 12.2. The third-order valence-electron chi connectivity index (χ3n) is 6.08. The zero-order valence-electron chi connectivity index (χ0n) is 16.2. The molecule has 0 bridgehead atoms. The maximum Gasteiger partial charge on any atom is 0.336 e. The molecule has 4 aromatic rings. The summed E-state index contributed by atoms with van der Waals surface area (Å²) >= 11 is 0. The first-order chi connectivity index (χ1) is 14.6. The molecule has 2 N–H and O–H groups in total. The van der Waals surface area contributed by atoms with Crippen molar-refractivity contribution < 1.29 is 15.0 Å². The van der Waals surface area contributed by atoms with Crippen LogP contribution in [0.4, 0.5) is 0 Å². The van der Waals surface area contributed by atoms with Crippen molar-refractivity contribution in [2.24, 2.45) is 0 Å². The fourth-order valence-corrected chi connectivity index (χ4v) is 4.84. The van der Waals surface area contributed by atoms with Crippen molar-refractivity contribution in [1.29, 1.82) is 0 Å². The van der Waals surface area contributed by atoms with Crippen LogP contribution in [-0.2, 0) is 5.41 Å². The van der Waals surface area contributed by atoms with Crippen molar-refractivity contribution in [3.63, 3.8) is 0 Å². The predicted molar refractivity (Wildman–Crippen MR) is 119 cm³/mol. The molecule has 0 amide bonds. The van der Waals surface area contributed by atoms with E-state index in [0.717, 1.165) is 27.5 Å². The Hall–Kier alpha value is -3.69. The number of carboxylic acid groups (broad SMARTS) is 1. The van der Waals surface area contributed by atoms with Gasteiger partial charge in [-0.25, -0.2) is 4.79 Å². The number of aromatic carboxylic acids is 1. The molecule has 3 heteroatoms. The van der Waals surface area contributed by atoms with Crippen LogP contribution in [0.2, 0.25) is 0 Å². The van der Waals surface area contributed by atoms with E-state index < -0.39 is 17.5 Å². The van der Waals surface area contributed by atoms with Crippen molar-refractivity contribution >= 4 is 22.8 Å². The highest BCUT2D eigenvalue weighted by molar-refractivity contribution is 5.94. The Bertz CT molecular complexity index is 1300. The van der Waals surface area contributed by atoms with Gasteiger partial charge in [0, 0.05) is 0 Å². The molecule has 5 rings (SSSR count). The lowest BCUT2D eigenvalue weighted by Crippen LogP contribution is -2.44. The van der Waals surface area contributed by atoms with E-state index in [1.54, 1.807) is 18.2 Å². The molecule has 0 radical (unpaired) electrons. The Morgan fingerprint density at radius 2 is 1.37 bits per heavy atom. The van der Waals surface area contributed by atoms with Gasteiger partial charge in [-0.05, 0) is 39.1 Å². The molecule has 2 unspecified atom stereocenters. The fraction of sp³-hybridized carbons (Fsp3) is 0.0741. The molecule has 0 fully saturated rings. The van der Waals surface area contributed by atoms with E-state index >= 15 is 0 Å². The van der Waals surface area contributed by atoms with Crippen LogP contribution in [0, 0.1) is 0 Å². The molecule has 4 aromatic carbocycles. The highest BCUT2D eigenvalue weighted by Crippen LogP contribution is 2.49. The maximum absolute atomic E-state index is 12.2. The predicted octanol–water partition coefficient (Wildman–Crippen LogP) is 5.26. The van der Waals surface area contributed by atoms with E-state index in [1.807, 2.05) is 84.9 Å². The van der Waals surface area contributed by atoms with Gasteiger partial charge in [-0.1, -0.05) is 97.1 Å². The van der Waals surface area contributed by atoms with Crippen molar-refractivity contribution in [2.75, 3.05) is 0 Å². The summed E-state index contributed by atoms with van der Waals surface area (Å²) < 4.78 is 0. The molecule has 1 aliphatic rings. The first-order valence-corrected chi connectivity index (χ1v) is 9.91. The van der Waals surface area contributed by atoms with Gasteiger partial charge in [0.1, 0.15) is 0 Å². The lowest BCUT2D eigenvalue weighted by Gasteiger charge is -2.43. The SMILES string of the molecule is O=C(O)c1ccccc1C1(c2cccc3ccccc23)c2ccccc2C=CC1O. The Morgan fingerprint density at radius 1 is 0.733 bits per heavy atom. The van der Waals surface area contributed by atoms with Crippen molar-refractivity contribution in [2.45, 2.75) is 11.5 Å². The number of hydrogen-bond donors (Lipinski definition) is 2. The van der Waals surface area contributed by atoms with Crippen LogP contribution in [-0.4, -0.2) is 22.3 Å². The number of aliphatic hydroxyl groups excluding tert-OH is 1. The fourth-order valence-electron chi connectivity index (χ4n) is 4.84. The third kappa shape index (κ3) is 2.53. The van der Waals surface area contributed by atoms with E-state index in [-0.39, 0.29) is 5.56 Å². The zero-order valence-corrected chi connectivity index (χ0v) is 16.2. The molecule has 0 spiro atoms. The molecule has 0 saturated heterocycles. The third-order valence-corrected chi connectivity index (χ3v) is 6.08. The number of fused-ring (bicyclic) bond motifs is 2. The molecule has 3 nitrogen and oxygen atoms in total. The normalized spacial score (nSPS) is 20.1. The second-order valence-electron chi connectivity index (χ2n) is 7.58. The van der Waals surface area contributed by atoms with E-state index in [9.17, 15) is 15.0 Å². The molecule has 0 saturated carbocycles. The average molecular weight is 392 g/mol. The van der Waals surface area contributed by atoms with Gasteiger partial charge >= 0.3 is 5.97 Å². The van der Waals surface area contributed by atoms with E-state index in [1.165, 1.54) is 0 Å². The minimum atomic E-state index is -1.05. The summed E-state index contributed by atoms with van der Waals surface area (Å²) in [4.78, 5) is 12.2. The van der Waals surface area contributed by atoms with Crippen molar-refractivity contribution in [1.82, 2.24) is 0 Å². The minimum Gasteiger partial charge on any atom is -0.478 e. The summed E-state index contributed by atoms with van der Waals surface area (Å²) in [7, 11) is 0. The van der Waals surface area contributed by atoms with Gasteiger partial charge < -0.3 is 10.2 Å². The van der Waals surface area contributed by atoms with E-state index in [0.29, 0.717) is 5.56 Å². The van der Waals surface area contributed by atoms with E-state index in [2.05, 4.69) is 0 Å². The minimum absolute atomic E-state index is 0.189. The highest BCUT2D eigenvalue weighted by atomic mass is 16.4. The van der Waals surface area contributed by atoms with E-state index in [4.69, 9.17) is 0 Å². The number of aliphatic hydroxyl groups is 1. The first-order valence-electron chi connectivity index (χ1n) is 9.91. The smallest absolute Gasteiger partial charge is 0.336 e. The van der Waals surface area contributed by atoms with Gasteiger partial charge in [-0.15, -0.1) is 0 Å². The summed E-state index contributed by atoms with van der Waals surface area (Å²) in [6.45, 7) is 0. The quantitative estimate of drug-likeness (QED) is 0.500. The number of rotatable bonds is 3. The Balaban J connectivity index is 2.00. The Kier molecular flexibility index (Phi) is 4.27. The molecular formula is C27H20O3. The topological polar surface area (TPSA) is 57.5 Å². The lowest BCUT2D eigenvalue weighted by molar-refractivity contribution is 0.0692. The number of carboxylic acids is 1. The van der Waals surface area contributed by atoms with Crippen LogP contribution in [0.3, 0.4) is 0 Å². The summed E-state index contributed by atoms with van der Waals surface area (Å²) in [6.07, 6.45) is 2.74. The number of carbonyl (C=O) groups is 1.